The molecule has 138 valence electrons. The molecule has 0 aromatic heterocycles. The van der Waals surface area contributed by atoms with Crippen molar-refractivity contribution in [1.29, 1.82) is 0 Å². The van der Waals surface area contributed by atoms with E-state index in [1.54, 1.807) is 0 Å². The van der Waals surface area contributed by atoms with Crippen LogP contribution < -0.4 is 0 Å². The fraction of sp³-hybridized carbons (Fsp3) is 0.550. The van der Waals surface area contributed by atoms with E-state index in [0.29, 0.717) is 6.61 Å². The monoisotopic (exact) mass is 354 g/mol. The molecule has 5 heteroatoms. The molecule has 2 nitrogen and oxygen atoms in total. The second-order valence-electron chi connectivity index (χ2n) is 5.79. The molecule has 0 spiro atoms. The van der Waals surface area contributed by atoms with Gasteiger partial charge in [0.15, 0.2) is 0 Å². The average molecular weight is 354 g/mol. The molecule has 0 heterocycles. The normalized spacial score (nSPS) is 10.9. The lowest BCUT2D eigenvalue weighted by atomic mass is 10.1. The zero-order valence-electron chi connectivity index (χ0n) is 14.6. The minimum Gasteiger partial charge on any atom is -0.462 e. The van der Waals surface area contributed by atoms with E-state index in [1.807, 2.05) is 6.92 Å². The molecule has 0 unspecified atom stereocenters. The van der Waals surface area contributed by atoms with Gasteiger partial charge >= 0.3 is 12.1 Å². The summed E-state index contributed by atoms with van der Waals surface area (Å²) in [6.45, 7) is 2.33. The first-order chi connectivity index (χ1) is 11.9. The van der Waals surface area contributed by atoms with Gasteiger partial charge in [-0.25, -0.2) is 4.79 Å². The molecule has 0 fully saturated rings. The topological polar surface area (TPSA) is 26.3 Å². The largest absolute Gasteiger partial charge is 0.462 e. The van der Waals surface area contributed by atoms with E-state index in [4.69, 9.17) is 4.74 Å². The highest BCUT2D eigenvalue weighted by Gasteiger charge is 2.30. The van der Waals surface area contributed by atoms with Crippen LogP contribution in [0.3, 0.4) is 0 Å². The highest BCUT2D eigenvalue weighted by Crippen LogP contribution is 2.29. The van der Waals surface area contributed by atoms with Gasteiger partial charge in [-0.3, -0.25) is 0 Å². The number of alkyl halides is 3. The first kappa shape index (κ1) is 21.1. The fourth-order valence-electron chi connectivity index (χ4n) is 2.28. The minimum atomic E-state index is -4.40. The van der Waals surface area contributed by atoms with Crippen molar-refractivity contribution in [3.63, 3.8) is 0 Å². The molecule has 0 atom stereocenters. The lowest BCUT2D eigenvalue weighted by Gasteiger charge is -2.08. The summed E-state index contributed by atoms with van der Waals surface area (Å²) < 4.78 is 42.4. The molecule has 1 aromatic rings. The molecular formula is C20H25F3O2. The number of hydrogen-bond acceptors (Lipinski definition) is 2. The smallest absolute Gasteiger partial charge is 0.416 e. The van der Waals surface area contributed by atoms with E-state index in [1.165, 1.54) is 0 Å². The van der Waals surface area contributed by atoms with Gasteiger partial charge in [0.25, 0.3) is 0 Å². The van der Waals surface area contributed by atoms with Gasteiger partial charge in [-0.05, 0) is 37.1 Å². The molecule has 0 aliphatic rings. The zero-order valence-corrected chi connectivity index (χ0v) is 14.6. The highest BCUT2D eigenvalue weighted by atomic mass is 19.4. The van der Waals surface area contributed by atoms with Gasteiger partial charge in [0.2, 0.25) is 0 Å². The third-order valence-corrected chi connectivity index (χ3v) is 3.68. The summed E-state index contributed by atoms with van der Waals surface area (Å²) in [7, 11) is 0. The van der Waals surface area contributed by atoms with Gasteiger partial charge in [-0.1, -0.05) is 32.6 Å². The minimum absolute atomic E-state index is 0.140. The molecular weight excluding hydrogens is 329 g/mol. The lowest BCUT2D eigenvalue weighted by molar-refractivity contribution is -0.137. The number of unbranched alkanes of at least 4 members (excludes halogenated alkanes) is 6. The number of esters is 1. The van der Waals surface area contributed by atoms with Crippen molar-refractivity contribution in [3.8, 4) is 11.8 Å². The van der Waals surface area contributed by atoms with Crippen LogP contribution in [0.25, 0.3) is 0 Å². The summed E-state index contributed by atoms with van der Waals surface area (Å²) >= 11 is 0. The summed E-state index contributed by atoms with van der Waals surface area (Å²) in [5.74, 6) is 5.58. The van der Waals surface area contributed by atoms with Crippen LogP contribution in [0.15, 0.2) is 24.3 Å². The molecule has 0 saturated heterocycles. The molecule has 0 bridgehead atoms. The first-order valence-corrected chi connectivity index (χ1v) is 8.75. The summed E-state index contributed by atoms with van der Waals surface area (Å²) in [5.41, 5.74) is -0.633. The maximum absolute atomic E-state index is 12.5. The predicted molar refractivity (Wildman–Crippen MR) is 92.1 cm³/mol. The zero-order chi connectivity index (χ0) is 18.5. The van der Waals surface area contributed by atoms with E-state index in [-0.39, 0.29) is 5.56 Å². The molecule has 0 N–H and O–H groups in total. The Morgan fingerprint density at radius 3 is 2.16 bits per heavy atom. The maximum atomic E-state index is 12.5. The van der Waals surface area contributed by atoms with Gasteiger partial charge in [-0.15, -0.1) is 11.8 Å². The number of ether oxygens (including phenoxy) is 1. The molecule has 25 heavy (non-hydrogen) atoms. The van der Waals surface area contributed by atoms with Crippen LogP contribution >= 0.6 is 0 Å². The van der Waals surface area contributed by atoms with E-state index < -0.39 is 17.7 Å². The van der Waals surface area contributed by atoms with Crippen LogP contribution in [0.1, 0.15) is 74.2 Å². The number of rotatable bonds is 9. The van der Waals surface area contributed by atoms with Crippen molar-refractivity contribution >= 4 is 5.97 Å². The molecule has 0 amide bonds. The van der Waals surface area contributed by atoms with Crippen molar-refractivity contribution in [3.05, 3.63) is 35.4 Å². The highest BCUT2D eigenvalue weighted by molar-refractivity contribution is 5.89. The van der Waals surface area contributed by atoms with E-state index in [2.05, 4.69) is 11.8 Å². The Kier molecular flexibility index (Phi) is 9.76. The van der Waals surface area contributed by atoms with Crippen LogP contribution in [-0.2, 0) is 10.9 Å². The number of carbonyl (C=O) groups is 1. The van der Waals surface area contributed by atoms with Crippen molar-refractivity contribution in [2.75, 3.05) is 6.61 Å². The van der Waals surface area contributed by atoms with Crippen LogP contribution in [-0.4, -0.2) is 12.6 Å². The Bertz CT molecular complexity index is 565. The van der Waals surface area contributed by atoms with Gasteiger partial charge < -0.3 is 4.74 Å². The van der Waals surface area contributed by atoms with E-state index in [9.17, 15) is 18.0 Å². The Morgan fingerprint density at radius 1 is 0.960 bits per heavy atom. The quantitative estimate of drug-likeness (QED) is 0.308. The van der Waals surface area contributed by atoms with Crippen molar-refractivity contribution < 1.29 is 22.7 Å². The average Bonchev–Trinajstić information content (AvgIpc) is 2.59. The SMILES string of the molecule is CCC#CCCCCCCCCOC(=O)c1ccc(C(F)(F)F)cc1. The number of hydrogen-bond donors (Lipinski definition) is 0. The Hall–Kier alpha value is -1.96. The second kappa shape index (κ2) is 11.6. The summed E-state index contributed by atoms with van der Waals surface area (Å²) in [4.78, 5) is 11.7. The van der Waals surface area contributed by atoms with Crippen molar-refractivity contribution in [2.45, 2.75) is 64.5 Å². The number of benzene rings is 1. The van der Waals surface area contributed by atoms with Crippen molar-refractivity contribution in [2.24, 2.45) is 0 Å². The molecule has 0 aliphatic carbocycles. The number of carbonyl (C=O) groups excluding carboxylic acids is 1. The molecule has 0 aliphatic heterocycles. The van der Waals surface area contributed by atoms with Gasteiger partial charge in [0, 0.05) is 12.8 Å². The van der Waals surface area contributed by atoms with Gasteiger partial charge in [0.05, 0.1) is 17.7 Å². The fourth-order valence-corrected chi connectivity index (χ4v) is 2.28. The van der Waals surface area contributed by atoms with Crippen molar-refractivity contribution in [1.82, 2.24) is 0 Å². The summed E-state index contributed by atoms with van der Waals surface area (Å²) in [6, 6.07) is 4.07. The summed E-state index contributed by atoms with van der Waals surface area (Å²) in [6.07, 6.45) is 3.71. The van der Waals surface area contributed by atoms with Crippen LogP contribution in [0.4, 0.5) is 13.2 Å². The Labute approximate surface area is 147 Å². The Morgan fingerprint density at radius 2 is 1.56 bits per heavy atom. The third-order valence-electron chi connectivity index (χ3n) is 3.68. The van der Waals surface area contributed by atoms with Crippen LogP contribution in [0.5, 0.6) is 0 Å². The number of halogens is 3. The van der Waals surface area contributed by atoms with Crippen LogP contribution in [0.2, 0.25) is 0 Å². The van der Waals surface area contributed by atoms with Gasteiger partial charge in [0.1, 0.15) is 0 Å². The third kappa shape index (κ3) is 9.19. The predicted octanol–water partition coefficient (Wildman–Crippen LogP) is 6.01. The Balaban J connectivity index is 2.11. The van der Waals surface area contributed by atoms with E-state index >= 15 is 0 Å². The van der Waals surface area contributed by atoms with Crippen LogP contribution in [0, 0.1) is 11.8 Å². The van der Waals surface area contributed by atoms with Gasteiger partial charge in [-0.2, -0.15) is 13.2 Å². The molecule has 0 radical (unpaired) electrons. The first-order valence-electron chi connectivity index (χ1n) is 8.75. The molecule has 1 rings (SSSR count). The standard InChI is InChI=1S/C20H25F3O2/c1-2-3-4-5-6-7-8-9-10-11-16-25-19(24)17-12-14-18(15-13-17)20(21,22)23/h12-15H,2,5-11,16H2,1H3. The summed E-state index contributed by atoms with van der Waals surface area (Å²) in [5, 5.41) is 0. The molecule has 0 saturated carbocycles. The lowest BCUT2D eigenvalue weighted by Crippen LogP contribution is -2.08. The molecule has 1 aromatic carbocycles. The second-order valence-corrected chi connectivity index (χ2v) is 5.79. The van der Waals surface area contributed by atoms with E-state index in [0.717, 1.165) is 75.6 Å². The maximum Gasteiger partial charge on any atom is 0.416 e.